The van der Waals surface area contributed by atoms with Crippen LogP contribution in [0.1, 0.15) is 55.7 Å². The molecule has 2 aromatic heterocycles. The lowest BCUT2D eigenvalue weighted by molar-refractivity contribution is -0.175. The molecular formula is C27H33FN6. The normalized spacial score (nSPS) is 30.9. The summed E-state index contributed by atoms with van der Waals surface area (Å²) in [4.78, 5) is 18.7. The molecule has 6 nitrogen and oxygen atoms in total. The number of benzene rings is 1. The van der Waals surface area contributed by atoms with Crippen LogP contribution >= 0.6 is 0 Å². The van der Waals surface area contributed by atoms with Crippen molar-refractivity contribution in [2.75, 3.05) is 31.6 Å². The van der Waals surface area contributed by atoms with Crippen LogP contribution < -0.4 is 5.32 Å². The number of fused-ring (bicyclic) bond motifs is 3. The Hall–Kier alpha value is -2.51. The highest BCUT2D eigenvalue weighted by Crippen LogP contribution is 2.64. The fourth-order valence-electron chi connectivity index (χ4n) is 7.12. The van der Waals surface area contributed by atoms with Crippen molar-refractivity contribution in [2.24, 2.45) is 5.92 Å². The molecule has 178 valence electrons. The summed E-state index contributed by atoms with van der Waals surface area (Å²) in [6.45, 7) is 4.91. The van der Waals surface area contributed by atoms with E-state index in [-0.39, 0.29) is 12.7 Å². The van der Waals surface area contributed by atoms with Crippen molar-refractivity contribution in [1.29, 1.82) is 0 Å². The molecule has 2 bridgehead atoms. The van der Waals surface area contributed by atoms with Crippen LogP contribution in [0.25, 0.3) is 10.9 Å². The maximum atomic E-state index is 12.4. The molecule has 2 atom stereocenters. The first-order valence-electron chi connectivity index (χ1n) is 12.9. The van der Waals surface area contributed by atoms with Crippen molar-refractivity contribution in [3.8, 4) is 0 Å². The Labute approximate surface area is 200 Å². The highest BCUT2D eigenvalue weighted by atomic mass is 19.1. The molecule has 2 aliphatic heterocycles. The Bertz CT molecular complexity index is 1180. The lowest BCUT2D eigenvalue weighted by Gasteiger charge is -2.69. The van der Waals surface area contributed by atoms with Gasteiger partial charge in [0.2, 0.25) is 0 Å². The van der Waals surface area contributed by atoms with Gasteiger partial charge in [0.25, 0.3) is 0 Å². The van der Waals surface area contributed by atoms with E-state index in [1.807, 2.05) is 12.4 Å². The lowest BCUT2D eigenvalue weighted by Crippen LogP contribution is -2.71. The molecule has 4 fully saturated rings. The van der Waals surface area contributed by atoms with Crippen molar-refractivity contribution in [2.45, 2.75) is 62.7 Å². The van der Waals surface area contributed by atoms with Crippen LogP contribution in [0.15, 0.2) is 36.7 Å². The summed E-state index contributed by atoms with van der Waals surface area (Å²) < 4.78 is 12.4. The number of alkyl halides is 1. The minimum Gasteiger partial charge on any atom is -0.377 e. The van der Waals surface area contributed by atoms with Crippen LogP contribution in [0.4, 0.5) is 10.1 Å². The molecule has 34 heavy (non-hydrogen) atoms. The standard InChI is InChI=1S/C27H33FN6/c1-17-9-22-21-5-2-3-6-23(21)32-24(22)25(34(17)27-10-18(11-27)12-27)26-29-13-19(14-30-26)31-20-15-33(16-20)8-4-7-28/h2-3,5-6,13-14,17-18,20,25,31-32H,4,7-12,15-16H2,1H3/t17-,18?,25+,27?/m1/s1. The number of para-hydroxylation sites is 1. The number of anilines is 1. The van der Waals surface area contributed by atoms with Gasteiger partial charge in [0, 0.05) is 47.8 Å². The minimum absolute atomic E-state index is 0.0707. The monoisotopic (exact) mass is 460 g/mol. The molecule has 5 aliphatic rings. The SMILES string of the molecule is C[C@@H]1Cc2c([nH]c3ccccc23)[C@@H](c2ncc(NC3CN(CCCF)C3)cn2)N1C12CC(C1)C2. The molecule has 3 saturated carbocycles. The average molecular weight is 461 g/mol. The molecule has 4 heterocycles. The summed E-state index contributed by atoms with van der Waals surface area (Å²) in [5.74, 6) is 1.82. The molecule has 2 N–H and O–H groups in total. The van der Waals surface area contributed by atoms with E-state index in [0.717, 1.165) is 43.5 Å². The molecule has 0 unspecified atom stereocenters. The molecule has 1 aromatic carbocycles. The van der Waals surface area contributed by atoms with E-state index < -0.39 is 0 Å². The topological polar surface area (TPSA) is 60.1 Å². The number of hydrogen-bond donors (Lipinski definition) is 2. The van der Waals surface area contributed by atoms with Crippen LogP contribution in [0.2, 0.25) is 0 Å². The van der Waals surface area contributed by atoms with Crippen LogP contribution in [0, 0.1) is 5.92 Å². The van der Waals surface area contributed by atoms with E-state index in [1.165, 1.54) is 41.4 Å². The van der Waals surface area contributed by atoms with Crippen LogP contribution in [0.5, 0.6) is 0 Å². The van der Waals surface area contributed by atoms with Gasteiger partial charge < -0.3 is 10.3 Å². The zero-order chi connectivity index (χ0) is 22.9. The molecule has 7 heteroatoms. The highest BCUT2D eigenvalue weighted by molar-refractivity contribution is 5.85. The third kappa shape index (κ3) is 3.13. The van der Waals surface area contributed by atoms with Gasteiger partial charge in [-0.3, -0.25) is 14.2 Å². The highest BCUT2D eigenvalue weighted by Gasteiger charge is 2.63. The van der Waals surface area contributed by atoms with Gasteiger partial charge in [-0.1, -0.05) is 18.2 Å². The van der Waals surface area contributed by atoms with E-state index >= 15 is 0 Å². The molecule has 3 aliphatic carbocycles. The quantitative estimate of drug-likeness (QED) is 0.551. The van der Waals surface area contributed by atoms with Crippen molar-refractivity contribution >= 4 is 16.6 Å². The van der Waals surface area contributed by atoms with Gasteiger partial charge >= 0.3 is 0 Å². The van der Waals surface area contributed by atoms with Gasteiger partial charge in [-0.25, -0.2) is 9.97 Å². The zero-order valence-electron chi connectivity index (χ0n) is 19.8. The fraction of sp³-hybridized carbons (Fsp3) is 0.556. The molecule has 0 radical (unpaired) electrons. The maximum Gasteiger partial charge on any atom is 0.151 e. The second-order valence-corrected chi connectivity index (χ2v) is 11.1. The van der Waals surface area contributed by atoms with E-state index in [4.69, 9.17) is 9.97 Å². The number of halogens is 1. The van der Waals surface area contributed by atoms with Gasteiger partial charge in [-0.05, 0) is 56.6 Å². The summed E-state index contributed by atoms with van der Waals surface area (Å²) >= 11 is 0. The number of nitrogens with zero attached hydrogens (tertiary/aromatic N) is 4. The van der Waals surface area contributed by atoms with Crippen molar-refractivity contribution < 1.29 is 4.39 Å². The van der Waals surface area contributed by atoms with E-state index in [9.17, 15) is 4.39 Å². The molecule has 8 rings (SSSR count). The van der Waals surface area contributed by atoms with Crippen molar-refractivity contribution in [1.82, 2.24) is 24.8 Å². The van der Waals surface area contributed by atoms with Gasteiger partial charge in [0.1, 0.15) is 6.04 Å². The van der Waals surface area contributed by atoms with Gasteiger partial charge in [-0.2, -0.15) is 0 Å². The third-order valence-electron chi connectivity index (χ3n) is 8.78. The van der Waals surface area contributed by atoms with E-state index in [0.29, 0.717) is 24.0 Å². The number of hydrogen-bond acceptors (Lipinski definition) is 5. The molecule has 0 amide bonds. The Kier molecular flexibility index (Phi) is 4.75. The first-order chi connectivity index (χ1) is 16.6. The first kappa shape index (κ1) is 20.8. The Morgan fingerprint density at radius 2 is 1.91 bits per heavy atom. The van der Waals surface area contributed by atoms with E-state index in [2.05, 4.69) is 51.3 Å². The van der Waals surface area contributed by atoms with Gasteiger partial charge in [-0.15, -0.1) is 0 Å². The third-order valence-corrected chi connectivity index (χ3v) is 8.78. The second-order valence-electron chi connectivity index (χ2n) is 11.1. The predicted octanol–water partition coefficient (Wildman–Crippen LogP) is 4.30. The summed E-state index contributed by atoms with van der Waals surface area (Å²) in [6.07, 6.45) is 9.57. The fourth-order valence-corrected chi connectivity index (χ4v) is 7.12. The number of rotatable bonds is 7. The Morgan fingerprint density at radius 1 is 1.15 bits per heavy atom. The summed E-state index contributed by atoms with van der Waals surface area (Å²) in [5, 5.41) is 4.89. The van der Waals surface area contributed by atoms with Crippen LogP contribution in [-0.4, -0.2) is 68.7 Å². The summed E-state index contributed by atoms with van der Waals surface area (Å²) in [7, 11) is 0. The van der Waals surface area contributed by atoms with Crippen LogP contribution in [0.3, 0.4) is 0 Å². The maximum absolute atomic E-state index is 12.4. The van der Waals surface area contributed by atoms with E-state index in [1.54, 1.807) is 0 Å². The average Bonchev–Trinajstić information content (AvgIpc) is 3.12. The van der Waals surface area contributed by atoms with Crippen LogP contribution in [-0.2, 0) is 6.42 Å². The number of likely N-dealkylation sites (tertiary alicyclic amines) is 1. The van der Waals surface area contributed by atoms with Crippen molar-refractivity contribution in [3.05, 3.63) is 53.7 Å². The number of aromatic amines is 1. The van der Waals surface area contributed by atoms with Gasteiger partial charge in [0.05, 0.1) is 30.8 Å². The largest absolute Gasteiger partial charge is 0.377 e. The molecule has 0 spiro atoms. The molecular weight excluding hydrogens is 427 g/mol. The summed E-state index contributed by atoms with van der Waals surface area (Å²) in [5.41, 5.74) is 5.23. The van der Waals surface area contributed by atoms with Crippen molar-refractivity contribution in [3.63, 3.8) is 0 Å². The molecule has 3 aromatic rings. The lowest BCUT2D eigenvalue weighted by atomic mass is 9.48. The smallest absolute Gasteiger partial charge is 0.151 e. The number of H-pyrrole nitrogens is 1. The number of aromatic nitrogens is 3. The van der Waals surface area contributed by atoms with Gasteiger partial charge in [0.15, 0.2) is 5.82 Å². The summed E-state index contributed by atoms with van der Waals surface area (Å²) in [6, 6.07) is 9.60. The Balaban J connectivity index is 1.18. The predicted molar refractivity (Wildman–Crippen MR) is 132 cm³/mol. The first-order valence-corrected chi connectivity index (χ1v) is 12.9. The zero-order valence-corrected chi connectivity index (χ0v) is 19.8. The molecule has 1 saturated heterocycles. The second kappa shape index (κ2) is 7.75. The number of nitrogens with one attached hydrogen (secondary N) is 2. The Morgan fingerprint density at radius 3 is 2.62 bits per heavy atom. The minimum atomic E-state index is -0.235.